The van der Waals surface area contributed by atoms with Crippen molar-refractivity contribution in [2.45, 2.75) is 39.3 Å². The second kappa shape index (κ2) is 9.09. The van der Waals surface area contributed by atoms with E-state index in [0.29, 0.717) is 30.1 Å². The van der Waals surface area contributed by atoms with Crippen molar-refractivity contribution in [2.24, 2.45) is 5.92 Å². The predicted octanol–water partition coefficient (Wildman–Crippen LogP) is 5.58. The molecule has 2 aromatic carbocycles. The van der Waals surface area contributed by atoms with Gasteiger partial charge in [-0.1, -0.05) is 55.8 Å². The molecular formula is C23H26ClNO2. The number of amides is 1. The van der Waals surface area contributed by atoms with Gasteiger partial charge in [-0.05, 0) is 54.2 Å². The molecular weight excluding hydrogens is 358 g/mol. The smallest absolute Gasteiger partial charge is 0.247 e. The van der Waals surface area contributed by atoms with Crippen LogP contribution in [0.4, 0.5) is 0 Å². The summed E-state index contributed by atoms with van der Waals surface area (Å²) < 4.78 is 5.81. The summed E-state index contributed by atoms with van der Waals surface area (Å²) in [7, 11) is 0. The standard InChI is InChI=1S/C23H26ClNO2/c1-17(2)16-27-21-8-5-6-18(14-21)15-25(20-11-12-20)23(26)13-10-19-7-3-4-9-22(19)24/h3-10,13-14,17,20H,11-12,15-16H2,1-2H3/b13-10+. The van der Waals surface area contributed by atoms with Crippen LogP contribution in [0, 0.1) is 5.92 Å². The van der Waals surface area contributed by atoms with Crippen LogP contribution in [0.15, 0.2) is 54.6 Å². The molecule has 0 unspecified atom stereocenters. The van der Waals surface area contributed by atoms with E-state index in [1.165, 1.54) is 0 Å². The molecule has 0 spiro atoms. The number of hydrogen-bond donors (Lipinski definition) is 0. The van der Waals surface area contributed by atoms with Crippen molar-refractivity contribution >= 4 is 23.6 Å². The van der Waals surface area contributed by atoms with Gasteiger partial charge in [0.2, 0.25) is 5.91 Å². The zero-order valence-electron chi connectivity index (χ0n) is 15.9. The lowest BCUT2D eigenvalue weighted by Gasteiger charge is -2.21. The quantitative estimate of drug-likeness (QED) is 0.557. The van der Waals surface area contributed by atoms with Gasteiger partial charge in [0.25, 0.3) is 0 Å². The molecule has 0 aromatic heterocycles. The molecule has 0 aliphatic heterocycles. The monoisotopic (exact) mass is 383 g/mol. The Morgan fingerprint density at radius 2 is 2.00 bits per heavy atom. The van der Waals surface area contributed by atoms with Gasteiger partial charge in [0.1, 0.15) is 5.75 Å². The van der Waals surface area contributed by atoms with Crippen molar-refractivity contribution in [1.82, 2.24) is 4.90 Å². The molecule has 2 aromatic rings. The zero-order valence-corrected chi connectivity index (χ0v) is 16.7. The van der Waals surface area contributed by atoms with Crippen LogP contribution in [0.25, 0.3) is 6.08 Å². The van der Waals surface area contributed by atoms with Crippen molar-refractivity contribution in [3.05, 3.63) is 70.8 Å². The van der Waals surface area contributed by atoms with Crippen LogP contribution in [0.2, 0.25) is 5.02 Å². The third-order valence-corrected chi connectivity index (χ3v) is 4.76. The second-order valence-electron chi connectivity index (χ2n) is 7.40. The average Bonchev–Trinajstić information content (AvgIpc) is 3.49. The minimum atomic E-state index is 0.0194. The van der Waals surface area contributed by atoms with Gasteiger partial charge in [-0.25, -0.2) is 0 Å². The molecule has 1 fully saturated rings. The van der Waals surface area contributed by atoms with Crippen LogP contribution in [0.5, 0.6) is 5.75 Å². The van der Waals surface area contributed by atoms with Gasteiger partial charge < -0.3 is 9.64 Å². The number of ether oxygens (including phenoxy) is 1. The Hall–Kier alpha value is -2.26. The molecule has 3 nitrogen and oxygen atoms in total. The second-order valence-corrected chi connectivity index (χ2v) is 7.81. The first kappa shape index (κ1) is 19.5. The average molecular weight is 384 g/mol. The molecule has 0 radical (unpaired) electrons. The molecule has 1 aliphatic rings. The minimum absolute atomic E-state index is 0.0194. The molecule has 3 rings (SSSR count). The van der Waals surface area contributed by atoms with Crippen LogP contribution >= 0.6 is 11.6 Å². The molecule has 142 valence electrons. The highest BCUT2D eigenvalue weighted by molar-refractivity contribution is 6.32. The highest BCUT2D eigenvalue weighted by atomic mass is 35.5. The van der Waals surface area contributed by atoms with E-state index in [2.05, 4.69) is 13.8 Å². The SMILES string of the molecule is CC(C)COc1cccc(CN(C(=O)/C=C/c2ccccc2Cl)C2CC2)c1. The van der Waals surface area contributed by atoms with E-state index in [-0.39, 0.29) is 5.91 Å². The summed E-state index contributed by atoms with van der Waals surface area (Å²) in [5.41, 5.74) is 1.94. The first-order valence-electron chi connectivity index (χ1n) is 9.48. The van der Waals surface area contributed by atoms with Crippen molar-refractivity contribution in [2.75, 3.05) is 6.61 Å². The number of halogens is 1. The predicted molar refractivity (Wildman–Crippen MR) is 111 cm³/mol. The fourth-order valence-corrected chi connectivity index (χ4v) is 3.03. The molecule has 4 heteroatoms. The summed E-state index contributed by atoms with van der Waals surface area (Å²) in [6, 6.07) is 15.9. The van der Waals surface area contributed by atoms with E-state index in [1.54, 1.807) is 12.2 Å². The fraction of sp³-hybridized carbons (Fsp3) is 0.348. The van der Waals surface area contributed by atoms with Gasteiger partial charge in [0.15, 0.2) is 0 Å². The summed E-state index contributed by atoms with van der Waals surface area (Å²) in [5, 5.41) is 0.648. The number of carbonyl (C=O) groups excluding carboxylic acids is 1. The summed E-state index contributed by atoms with van der Waals surface area (Å²) in [4.78, 5) is 14.7. The summed E-state index contributed by atoms with van der Waals surface area (Å²) in [6.45, 7) is 5.54. The molecule has 27 heavy (non-hydrogen) atoms. The Morgan fingerprint density at radius 3 is 2.70 bits per heavy atom. The molecule has 0 N–H and O–H groups in total. The first-order valence-corrected chi connectivity index (χ1v) is 9.85. The van der Waals surface area contributed by atoms with Gasteiger partial charge >= 0.3 is 0 Å². The fourth-order valence-electron chi connectivity index (χ4n) is 2.83. The Kier molecular flexibility index (Phi) is 6.57. The van der Waals surface area contributed by atoms with E-state index >= 15 is 0 Å². The minimum Gasteiger partial charge on any atom is -0.493 e. The highest BCUT2D eigenvalue weighted by Gasteiger charge is 2.31. The molecule has 0 heterocycles. The Labute approximate surface area is 166 Å². The van der Waals surface area contributed by atoms with E-state index in [0.717, 1.165) is 29.7 Å². The Bertz CT molecular complexity index is 812. The van der Waals surface area contributed by atoms with E-state index < -0.39 is 0 Å². The maximum atomic E-state index is 12.8. The van der Waals surface area contributed by atoms with Crippen LogP contribution in [0.1, 0.15) is 37.8 Å². The van der Waals surface area contributed by atoms with Crippen molar-refractivity contribution in [1.29, 1.82) is 0 Å². The lowest BCUT2D eigenvalue weighted by Crippen LogP contribution is -2.31. The molecule has 0 atom stereocenters. The largest absolute Gasteiger partial charge is 0.493 e. The van der Waals surface area contributed by atoms with Gasteiger partial charge in [0, 0.05) is 23.7 Å². The summed E-state index contributed by atoms with van der Waals surface area (Å²) >= 11 is 6.17. The van der Waals surface area contributed by atoms with Gasteiger partial charge in [0.05, 0.1) is 6.61 Å². The first-order chi connectivity index (χ1) is 13.0. The lowest BCUT2D eigenvalue weighted by atomic mass is 10.1. The normalized spacial score (nSPS) is 13.9. The van der Waals surface area contributed by atoms with Crippen molar-refractivity contribution < 1.29 is 9.53 Å². The van der Waals surface area contributed by atoms with E-state index in [9.17, 15) is 4.79 Å². The maximum absolute atomic E-state index is 12.8. The van der Waals surface area contributed by atoms with E-state index in [1.807, 2.05) is 53.4 Å². The molecule has 1 saturated carbocycles. The number of rotatable bonds is 8. The van der Waals surface area contributed by atoms with Crippen molar-refractivity contribution in [3.8, 4) is 5.75 Å². The lowest BCUT2D eigenvalue weighted by molar-refractivity contribution is -0.127. The van der Waals surface area contributed by atoms with Gasteiger partial charge in [-0.15, -0.1) is 0 Å². The number of benzene rings is 2. The Balaban J connectivity index is 1.68. The number of carbonyl (C=O) groups is 1. The summed E-state index contributed by atoms with van der Waals surface area (Å²) in [5.74, 6) is 1.36. The van der Waals surface area contributed by atoms with Crippen molar-refractivity contribution in [3.63, 3.8) is 0 Å². The van der Waals surface area contributed by atoms with Crippen LogP contribution in [0.3, 0.4) is 0 Å². The van der Waals surface area contributed by atoms with Gasteiger partial charge in [-0.3, -0.25) is 4.79 Å². The number of hydrogen-bond acceptors (Lipinski definition) is 2. The van der Waals surface area contributed by atoms with Crippen LogP contribution in [-0.4, -0.2) is 23.5 Å². The Morgan fingerprint density at radius 1 is 1.22 bits per heavy atom. The molecule has 0 bridgehead atoms. The third-order valence-electron chi connectivity index (χ3n) is 4.42. The summed E-state index contributed by atoms with van der Waals surface area (Å²) in [6.07, 6.45) is 5.55. The van der Waals surface area contributed by atoms with E-state index in [4.69, 9.17) is 16.3 Å². The van der Waals surface area contributed by atoms with Crippen LogP contribution in [-0.2, 0) is 11.3 Å². The van der Waals surface area contributed by atoms with Gasteiger partial charge in [-0.2, -0.15) is 0 Å². The van der Waals surface area contributed by atoms with Crippen LogP contribution < -0.4 is 4.74 Å². The highest BCUT2D eigenvalue weighted by Crippen LogP contribution is 2.29. The maximum Gasteiger partial charge on any atom is 0.247 e. The molecule has 0 saturated heterocycles. The third kappa shape index (κ3) is 5.86. The molecule has 1 amide bonds. The molecule has 1 aliphatic carbocycles. The number of nitrogens with zero attached hydrogens (tertiary/aromatic N) is 1. The topological polar surface area (TPSA) is 29.5 Å². The zero-order chi connectivity index (χ0) is 19.2.